The van der Waals surface area contributed by atoms with Crippen LogP contribution in [-0.4, -0.2) is 60.2 Å². The van der Waals surface area contributed by atoms with Crippen molar-refractivity contribution in [2.45, 2.75) is 36.8 Å². The molecule has 4 aromatic rings. The molecule has 0 bridgehead atoms. The van der Waals surface area contributed by atoms with Gasteiger partial charge < -0.3 is 55.1 Å². The molecule has 5 unspecified atom stereocenters. The molecule has 0 aliphatic carbocycles. The molecule has 42 heavy (non-hydrogen) atoms. The van der Waals surface area contributed by atoms with Crippen LogP contribution in [0.4, 0.5) is 0 Å². The second-order valence-corrected chi connectivity index (χ2v) is 10.4. The first-order chi connectivity index (χ1) is 20.1. The quantitative estimate of drug-likeness (QED) is 0.177. The predicted molar refractivity (Wildman–Crippen MR) is 147 cm³/mol. The minimum Gasteiger partial charge on any atom is -0.508 e. The van der Waals surface area contributed by atoms with Crippen molar-refractivity contribution in [1.29, 1.82) is 0 Å². The van der Waals surface area contributed by atoms with Crippen molar-refractivity contribution >= 4 is 0 Å². The van der Waals surface area contributed by atoms with Crippen LogP contribution in [0.2, 0.25) is 0 Å². The van der Waals surface area contributed by atoms with Crippen molar-refractivity contribution in [3.63, 3.8) is 0 Å². The van der Waals surface area contributed by atoms with Gasteiger partial charge in [0, 0.05) is 41.3 Å². The molecular formula is C31H28O11. The van der Waals surface area contributed by atoms with Crippen LogP contribution in [0.1, 0.15) is 45.9 Å². The molecule has 0 saturated heterocycles. The van der Waals surface area contributed by atoms with Crippen LogP contribution >= 0.6 is 0 Å². The third-order valence-electron chi connectivity index (χ3n) is 7.77. The molecule has 218 valence electrons. The smallest absolute Gasteiger partial charge is 0.160 e. The van der Waals surface area contributed by atoms with Gasteiger partial charge in [-0.3, -0.25) is 0 Å². The molecule has 6 rings (SSSR count). The Morgan fingerprint density at radius 2 is 1.36 bits per heavy atom. The minimum atomic E-state index is -1.50. The monoisotopic (exact) mass is 576 g/mol. The predicted octanol–water partition coefficient (Wildman–Crippen LogP) is 3.59. The number of ether oxygens (including phenoxy) is 3. The third kappa shape index (κ3) is 4.39. The minimum absolute atomic E-state index is 0.00648. The number of methoxy groups -OCH3 is 1. The number of aromatic hydroxyl groups is 6. The summed E-state index contributed by atoms with van der Waals surface area (Å²) in [5.74, 6) is -2.80. The maximum absolute atomic E-state index is 11.9. The van der Waals surface area contributed by atoms with E-state index in [4.69, 9.17) is 14.2 Å². The van der Waals surface area contributed by atoms with E-state index < -0.39 is 41.8 Å². The van der Waals surface area contributed by atoms with Crippen LogP contribution < -0.4 is 14.2 Å². The highest BCUT2D eigenvalue weighted by Gasteiger charge is 2.46. The van der Waals surface area contributed by atoms with Gasteiger partial charge in [0.1, 0.15) is 52.5 Å². The van der Waals surface area contributed by atoms with E-state index in [1.165, 1.54) is 43.5 Å². The number of aliphatic hydroxyl groups excluding tert-OH is 2. The number of phenols is 6. The molecule has 0 radical (unpaired) electrons. The topological polar surface area (TPSA) is 190 Å². The van der Waals surface area contributed by atoms with Gasteiger partial charge in [-0.1, -0.05) is 18.2 Å². The Morgan fingerprint density at radius 3 is 2.07 bits per heavy atom. The van der Waals surface area contributed by atoms with Crippen LogP contribution in [0.5, 0.6) is 51.7 Å². The van der Waals surface area contributed by atoms with Crippen LogP contribution in [0, 0.1) is 0 Å². The van der Waals surface area contributed by atoms with Gasteiger partial charge >= 0.3 is 0 Å². The Bertz CT molecular complexity index is 1670. The number of rotatable bonds is 4. The van der Waals surface area contributed by atoms with Gasteiger partial charge in [0.2, 0.25) is 0 Å². The first kappa shape index (κ1) is 27.2. The first-order valence-electron chi connectivity index (χ1n) is 13.1. The van der Waals surface area contributed by atoms with E-state index in [2.05, 4.69) is 0 Å². The third-order valence-corrected chi connectivity index (χ3v) is 7.77. The molecule has 0 spiro atoms. The molecule has 2 heterocycles. The fourth-order valence-corrected chi connectivity index (χ4v) is 5.81. The lowest BCUT2D eigenvalue weighted by Crippen LogP contribution is -2.36. The maximum atomic E-state index is 11.9. The second kappa shape index (κ2) is 10.1. The van der Waals surface area contributed by atoms with E-state index >= 15 is 0 Å². The molecule has 4 aromatic carbocycles. The Labute approximate surface area is 239 Å². The molecule has 5 atom stereocenters. The number of benzene rings is 4. The van der Waals surface area contributed by atoms with E-state index in [0.29, 0.717) is 11.1 Å². The van der Waals surface area contributed by atoms with Crippen molar-refractivity contribution in [3.8, 4) is 51.7 Å². The molecule has 0 aromatic heterocycles. The van der Waals surface area contributed by atoms with Gasteiger partial charge in [-0.15, -0.1) is 0 Å². The van der Waals surface area contributed by atoms with Crippen LogP contribution in [0.25, 0.3) is 0 Å². The summed E-state index contributed by atoms with van der Waals surface area (Å²) in [5.41, 5.74) is 1.11. The average molecular weight is 577 g/mol. The molecule has 2 aliphatic heterocycles. The average Bonchev–Trinajstić information content (AvgIpc) is 2.95. The molecule has 11 nitrogen and oxygen atoms in total. The summed E-state index contributed by atoms with van der Waals surface area (Å²) in [4.78, 5) is 0. The molecule has 8 N–H and O–H groups in total. The standard InChI is InChI=1S/C31H28O11/c1-40-23-8-14(4-7-18(23)34)30-28(39)27(25-20(36)9-16(33)10-24(25)41-30)26-21(37)12-19(35)17-11-22(38)29(42-31(17)26)13-2-5-15(32)6-3-13/h2-10,12,22,27-30,32-39H,11H2,1H3. The Balaban J connectivity index is 1.55. The summed E-state index contributed by atoms with van der Waals surface area (Å²) in [6, 6.07) is 13.7. The van der Waals surface area contributed by atoms with Gasteiger partial charge in [0.15, 0.2) is 17.6 Å². The van der Waals surface area contributed by atoms with E-state index in [1.807, 2.05) is 0 Å². The molecular weight excluding hydrogens is 548 g/mol. The Morgan fingerprint density at radius 1 is 0.667 bits per heavy atom. The van der Waals surface area contributed by atoms with Gasteiger partial charge in [0.25, 0.3) is 0 Å². The van der Waals surface area contributed by atoms with Crippen LogP contribution in [0.3, 0.4) is 0 Å². The molecule has 2 aliphatic rings. The van der Waals surface area contributed by atoms with Gasteiger partial charge in [-0.05, 0) is 35.4 Å². The SMILES string of the molecule is COc1cc(C2Oc3cc(O)cc(O)c3C(c3c(O)cc(O)c4c3OC(c3ccc(O)cc3)C(O)C4)C2O)ccc1O. The summed E-state index contributed by atoms with van der Waals surface area (Å²) in [6.45, 7) is 0. The number of hydrogen-bond donors (Lipinski definition) is 8. The maximum Gasteiger partial charge on any atom is 0.160 e. The zero-order chi connectivity index (χ0) is 29.9. The molecule has 0 saturated carbocycles. The zero-order valence-electron chi connectivity index (χ0n) is 22.2. The molecule has 0 amide bonds. The van der Waals surface area contributed by atoms with Crippen LogP contribution in [0.15, 0.2) is 60.7 Å². The van der Waals surface area contributed by atoms with Crippen LogP contribution in [-0.2, 0) is 6.42 Å². The number of phenolic OH excluding ortho intramolecular Hbond substituents is 6. The first-order valence-corrected chi connectivity index (χ1v) is 13.1. The largest absolute Gasteiger partial charge is 0.508 e. The summed E-state index contributed by atoms with van der Waals surface area (Å²) < 4.78 is 17.5. The summed E-state index contributed by atoms with van der Waals surface area (Å²) >= 11 is 0. The normalized spacial score (nSPS) is 22.8. The van der Waals surface area contributed by atoms with Crippen molar-refractivity contribution in [3.05, 3.63) is 88.5 Å². The van der Waals surface area contributed by atoms with Crippen molar-refractivity contribution in [1.82, 2.24) is 0 Å². The van der Waals surface area contributed by atoms with Gasteiger partial charge in [0.05, 0.1) is 19.1 Å². The fraction of sp³-hybridized carbons (Fsp3) is 0.226. The van der Waals surface area contributed by atoms with E-state index in [-0.39, 0.29) is 63.4 Å². The summed E-state index contributed by atoms with van der Waals surface area (Å²) in [5, 5.41) is 85.9. The highest BCUT2D eigenvalue weighted by atomic mass is 16.5. The zero-order valence-corrected chi connectivity index (χ0v) is 22.2. The fourth-order valence-electron chi connectivity index (χ4n) is 5.81. The van der Waals surface area contributed by atoms with Crippen molar-refractivity contribution < 1.29 is 55.1 Å². The van der Waals surface area contributed by atoms with Crippen molar-refractivity contribution in [2.24, 2.45) is 0 Å². The Kier molecular flexibility index (Phi) is 6.55. The van der Waals surface area contributed by atoms with E-state index in [9.17, 15) is 40.9 Å². The highest BCUT2D eigenvalue weighted by molar-refractivity contribution is 5.65. The van der Waals surface area contributed by atoms with Gasteiger partial charge in [-0.2, -0.15) is 0 Å². The van der Waals surface area contributed by atoms with Crippen molar-refractivity contribution in [2.75, 3.05) is 7.11 Å². The second-order valence-electron chi connectivity index (χ2n) is 10.4. The number of fused-ring (bicyclic) bond motifs is 2. The summed E-state index contributed by atoms with van der Waals surface area (Å²) in [7, 11) is 1.36. The van der Waals surface area contributed by atoms with E-state index in [0.717, 1.165) is 12.1 Å². The summed E-state index contributed by atoms with van der Waals surface area (Å²) in [6.07, 6.45) is -4.81. The van der Waals surface area contributed by atoms with Gasteiger partial charge in [-0.25, -0.2) is 0 Å². The molecule has 0 fully saturated rings. The number of aliphatic hydroxyl groups is 2. The lowest BCUT2D eigenvalue weighted by atomic mass is 9.77. The number of hydrogen-bond acceptors (Lipinski definition) is 11. The Hall–Kier alpha value is -5.00. The molecule has 11 heteroatoms. The lowest BCUT2D eigenvalue weighted by Gasteiger charge is -2.40. The van der Waals surface area contributed by atoms with E-state index in [1.54, 1.807) is 12.1 Å². The lowest BCUT2D eigenvalue weighted by molar-refractivity contribution is 0.00117. The highest BCUT2D eigenvalue weighted by Crippen LogP contribution is 2.57.